The Labute approximate surface area is 150 Å². The number of aromatic nitrogens is 2. The van der Waals surface area contributed by atoms with Gasteiger partial charge in [0.05, 0.1) is 5.69 Å². The molecule has 6 nitrogen and oxygen atoms in total. The van der Waals surface area contributed by atoms with Crippen LogP contribution in [0.3, 0.4) is 0 Å². The van der Waals surface area contributed by atoms with E-state index in [9.17, 15) is 4.79 Å². The summed E-state index contributed by atoms with van der Waals surface area (Å²) in [6, 6.07) is 2.23. The third kappa shape index (κ3) is 4.82. The van der Waals surface area contributed by atoms with Gasteiger partial charge >= 0.3 is 0 Å². The second-order valence-corrected chi connectivity index (χ2v) is 7.53. The smallest absolute Gasteiger partial charge is 0.224 e. The van der Waals surface area contributed by atoms with Crippen molar-refractivity contribution in [1.82, 2.24) is 20.0 Å². The maximum Gasteiger partial charge on any atom is 0.224 e. The number of hydrogen-bond acceptors (Lipinski definition) is 4. The van der Waals surface area contributed by atoms with E-state index in [-0.39, 0.29) is 12.1 Å². The van der Waals surface area contributed by atoms with Gasteiger partial charge < -0.3 is 15.0 Å². The fourth-order valence-electron chi connectivity index (χ4n) is 3.97. The van der Waals surface area contributed by atoms with Crippen LogP contribution in [0.5, 0.6) is 0 Å². The van der Waals surface area contributed by atoms with Gasteiger partial charge in [-0.1, -0.05) is 12.8 Å². The third-order valence-electron chi connectivity index (χ3n) is 5.53. The van der Waals surface area contributed by atoms with Crippen molar-refractivity contribution in [1.29, 1.82) is 0 Å². The molecule has 25 heavy (non-hydrogen) atoms. The predicted molar refractivity (Wildman–Crippen MR) is 97.1 cm³/mol. The van der Waals surface area contributed by atoms with E-state index in [1.807, 2.05) is 24.0 Å². The Morgan fingerprint density at radius 1 is 1.36 bits per heavy atom. The molecule has 0 radical (unpaired) electrons. The second kappa shape index (κ2) is 8.81. The Morgan fingerprint density at radius 3 is 2.80 bits per heavy atom. The number of aryl methyl sites for hydroxylation is 1. The fourth-order valence-corrected chi connectivity index (χ4v) is 3.97. The van der Waals surface area contributed by atoms with Crippen molar-refractivity contribution in [2.24, 2.45) is 13.0 Å². The zero-order chi connectivity index (χ0) is 17.6. The SMILES string of the molecule is C[C@@H](CC(=O)N1CCCCCC1)NC[C@@H]1CCO[C@H]1c1ccnn1C. The highest BCUT2D eigenvalue weighted by atomic mass is 16.5. The molecule has 140 valence electrons. The maximum atomic E-state index is 12.5. The first-order chi connectivity index (χ1) is 12.1. The minimum absolute atomic E-state index is 0.105. The third-order valence-corrected chi connectivity index (χ3v) is 5.53. The minimum Gasteiger partial charge on any atom is -0.372 e. The molecule has 1 amide bonds. The number of amides is 1. The Balaban J connectivity index is 1.46. The molecule has 0 bridgehead atoms. The molecule has 2 saturated heterocycles. The van der Waals surface area contributed by atoms with Crippen LogP contribution in [0.25, 0.3) is 0 Å². The van der Waals surface area contributed by atoms with Crippen LogP contribution in [0.4, 0.5) is 0 Å². The number of likely N-dealkylation sites (tertiary alicyclic amines) is 1. The summed E-state index contributed by atoms with van der Waals surface area (Å²) in [5.74, 6) is 0.735. The highest BCUT2D eigenvalue weighted by Gasteiger charge is 2.31. The number of rotatable bonds is 6. The highest BCUT2D eigenvalue weighted by molar-refractivity contribution is 5.76. The lowest BCUT2D eigenvalue weighted by Gasteiger charge is -2.24. The number of carbonyl (C=O) groups excluding carboxylic acids is 1. The van der Waals surface area contributed by atoms with E-state index < -0.39 is 0 Å². The number of ether oxygens (including phenoxy) is 1. The molecule has 0 saturated carbocycles. The molecular weight excluding hydrogens is 316 g/mol. The van der Waals surface area contributed by atoms with Gasteiger partial charge in [-0.25, -0.2) is 0 Å². The molecule has 2 aliphatic rings. The first kappa shape index (κ1) is 18.4. The minimum atomic E-state index is 0.105. The van der Waals surface area contributed by atoms with E-state index in [0.717, 1.165) is 51.2 Å². The van der Waals surface area contributed by atoms with Crippen LogP contribution in [-0.2, 0) is 16.6 Å². The van der Waals surface area contributed by atoms with Gasteiger partial charge in [0.25, 0.3) is 0 Å². The lowest BCUT2D eigenvalue weighted by atomic mass is 9.98. The Bertz CT molecular complexity index is 551. The summed E-state index contributed by atoms with van der Waals surface area (Å²) in [5.41, 5.74) is 1.14. The fraction of sp³-hybridized carbons (Fsp3) is 0.789. The summed E-state index contributed by atoms with van der Waals surface area (Å²) in [6.07, 6.45) is 8.39. The van der Waals surface area contributed by atoms with Crippen molar-refractivity contribution in [3.63, 3.8) is 0 Å². The molecule has 3 rings (SSSR count). The molecule has 0 aliphatic carbocycles. The Kier molecular flexibility index (Phi) is 6.48. The molecule has 0 spiro atoms. The van der Waals surface area contributed by atoms with E-state index in [4.69, 9.17) is 4.74 Å². The van der Waals surface area contributed by atoms with Gasteiger partial charge in [0.15, 0.2) is 0 Å². The number of carbonyl (C=O) groups is 1. The van der Waals surface area contributed by atoms with E-state index in [0.29, 0.717) is 18.2 Å². The van der Waals surface area contributed by atoms with Gasteiger partial charge in [0, 0.05) is 57.9 Å². The number of hydrogen-bond donors (Lipinski definition) is 1. The van der Waals surface area contributed by atoms with Crippen molar-refractivity contribution in [3.05, 3.63) is 18.0 Å². The van der Waals surface area contributed by atoms with E-state index >= 15 is 0 Å². The molecular formula is C19H32N4O2. The van der Waals surface area contributed by atoms with E-state index in [1.165, 1.54) is 12.8 Å². The number of nitrogens with one attached hydrogen (secondary N) is 1. The second-order valence-electron chi connectivity index (χ2n) is 7.53. The average molecular weight is 348 g/mol. The largest absolute Gasteiger partial charge is 0.372 e. The average Bonchev–Trinajstić information content (AvgIpc) is 3.12. The number of nitrogens with zero attached hydrogens (tertiary/aromatic N) is 3. The van der Waals surface area contributed by atoms with Crippen LogP contribution in [0, 0.1) is 5.92 Å². The normalized spacial score (nSPS) is 25.8. The summed E-state index contributed by atoms with van der Waals surface area (Å²) in [6.45, 7) is 5.66. The summed E-state index contributed by atoms with van der Waals surface area (Å²) < 4.78 is 7.84. The molecule has 1 aromatic heterocycles. The summed E-state index contributed by atoms with van der Waals surface area (Å²) >= 11 is 0. The van der Waals surface area contributed by atoms with Crippen molar-refractivity contribution < 1.29 is 9.53 Å². The van der Waals surface area contributed by atoms with Gasteiger partial charge in [0.1, 0.15) is 6.10 Å². The standard InChI is InChI=1S/C19H32N4O2/c1-15(13-18(24)23-10-5-3-4-6-11-23)20-14-16-8-12-25-19(16)17-7-9-21-22(17)2/h7,9,15-16,19-20H,3-6,8,10-14H2,1-2H3/t15-,16-,19+/m0/s1. The van der Waals surface area contributed by atoms with Gasteiger partial charge in [0.2, 0.25) is 5.91 Å². The van der Waals surface area contributed by atoms with Crippen molar-refractivity contribution in [3.8, 4) is 0 Å². The monoisotopic (exact) mass is 348 g/mol. The van der Waals surface area contributed by atoms with Crippen LogP contribution < -0.4 is 5.32 Å². The lowest BCUT2D eigenvalue weighted by molar-refractivity contribution is -0.131. The van der Waals surface area contributed by atoms with E-state index in [2.05, 4.69) is 22.2 Å². The molecule has 1 N–H and O–H groups in total. The van der Waals surface area contributed by atoms with Gasteiger partial charge in [-0.05, 0) is 32.3 Å². The highest BCUT2D eigenvalue weighted by Crippen LogP contribution is 2.33. The van der Waals surface area contributed by atoms with Crippen LogP contribution >= 0.6 is 0 Å². The van der Waals surface area contributed by atoms with Crippen LogP contribution in [0.1, 0.15) is 57.2 Å². The molecule has 3 heterocycles. The summed E-state index contributed by atoms with van der Waals surface area (Å²) in [5, 5.41) is 7.82. The zero-order valence-electron chi connectivity index (χ0n) is 15.6. The molecule has 2 aliphatic heterocycles. The molecule has 0 unspecified atom stereocenters. The first-order valence-electron chi connectivity index (χ1n) is 9.76. The molecule has 3 atom stereocenters. The Morgan fingerprint density at radius 2 is 2.12 bits per heavy atom. The quantitative estimate of drug-likeness (QED) is 0.857. The van der Waals surface area contributed by atoms with Crippen LogP contribution in [-0.4, -0.2) is 52.9 Å². The lowest BCUT2D eigenvalue weighted by Crippen LogP contribution is -2.39. The summed E-state index contributed by atoms with van der Waals surface area (Å²) in [4.78, 5) is 14.6. The molecule has 1 aromatic rings. The van der Waals surface area contributed by atoms with Crippen molar-refractivity contribution in [2.75, 3.05) is 26.2 Å². The topological polar surface area (TPSA) is 59.4 Å². The summed E-state index contributed by atoms with van der Waals surface area (Å²) in [7, 11) is 1.96. The molecule has 6 heteroatoms. The predicted octanol–water partition coefficient (Wildman–Crippen LogP) is 2.27. The Hall–Kier alpha value is -1.40. The van der Waals surface area contributed by atoms with Crippen LogP contribution in [0.2, 0.25) is 0 Å². The van der Waals surface area contributed by atoms with Crippen molar-refractivity contribution >= 4 is 5.91 Å². The van der Waals surface area contributed by atoms with Gasteiger partial charge in [-0.3, -0.25) is 9.48 Å². The molecule has 2 fully saturated rings. The van der Waals surface area contributed by atoms with Crippen molar-refractivity contribution in [2.45, 2.75) is 57.6 Å². The maximum absolute atomic E-state index is 12.5. The van der Waals surface area contributed by atoms with Gasteiger partial charge in [-0.2, -0.15) is 5.10 Å². The van der Waals surface area contributed by atoms with E-state index in [1.54, 1.807) is 0 Å². The molecule has 0 aromatic carbocycles. The van der Waals surface area contributed by atoms with Gasteiger partial charge in [-0.15, -0.1) is 0 Å². The van der Waals surface area contributed by atoms with Crippen LogP contribution in [0.15, 0.2) is 12.3 Å². The first-order valence-corrected chi connectivity index (χ1v) is 9.76. The zero-order valence-corrected chi connectivity index (χ0v) is 15.6.